The van der Waals surface area contributed by atoms with Gasteiger partial charge in [0, 0.05) is 0 Å². The average Bonchev–Trinajstić information content (AvgIpc) is 0. The van der Waals surface area contributed by atoms with Crippen molar-refractivity contribution in [3.05, 3.63) is 0 Å². The SMILES string of the molecule is [Fe+2].[Mg+2].[Mo+4].[O-2].[O-2].[O-2].[O-2]. The summed E-state index contributed by atoms with van der Waals surface area (Å²) in [6, 6.07) is 0. The van der Waals surface area contributed by atoms with Gasteiger partial charge in [0.2, 0.25) is 0 Å². The molecule has 0 heterocycles. The predicted octanol–water partition coefficient (Wildman–Crippen LogP) is -0.861. The first-order chi connectivity index (χ1) is 0. The maximum absolute atomic E-state index is 0. The zero-order valence-electron chi connectivity index (χ0n) is 3.10. The van der Waals surface area contributed by atoms with Gasteiger partial charge < -0.3 is 21.9 Å². The van der Waals surface area contributed by atoms with Gasteiger partial charge in [-0.1, -0.05) is 0 Å². The molecule has 0 fully saturated rings. The van der Waals surface area contributed by atoms with Crippen molar-refractivity contribution in [2.45, 2.75) is 0 Å². The first-order valence-corrected chi connectivity index (χ1v) is 0. The van der Waals surface area contributed by atoms with Gasteiger partial charge in [0.25, 0.3) is 0 Å². The summed E-state index contributed by atoms with van der Waals surface area (Å²) in [6.45, 7) is 0. The minimum atomic E-state index is 0. The molecule has 0 rings (SSSR count). The molecule has 0 unspecified atom stereocenters. The van der Waals surface area contributed by atoms with E-state index in [1.807, 2.05) is 0 Å². The molecule has 0 saturated carbocycles. The van der Waals surface area contributed by atoms with Crippen LogP contribution in [0.1, 0.15) is 0 Å². The normalized spacial score (nSPS) is 0. The Morgan fingerprint density at radius 2 is 0.571 bits per heavy atom. The van der Waals surface area contributed by atoms with Crippen LogP contribution in [0.4, 0.5) is 0 Å². The first-order valence-electron chi connectivity index (χ1n) is 0. The number of rotatable bonds is 0. The molecular weight excluding hydrogens is 240 g/mol. The molecule has 7 heteroatoms. The Morgan fingerprint density at radius 1 is 0.571 bits per heavy atom. The summed E-state index contributed by atoms with van der Waals surface area (Å²) in [5.41, 5.74) is 0. The average molecular weight is 240 g/mol. The second-order valence-electron chi connectivity index (χ2n) is 0. The predicted molar refractivity (Wildman–Crippen MR) is 8.50 cm³/mol. The van der Waals surface area contributed by atoms with Gasteiger partial charge >= 0.3 is 61.2 Å². The molecule has 0 bridgehead atoms. The molecule has 0 aliphatic carbocycles. The maximum atomic E-state index is 0. The van der Waals surface area contributed by atoms with Crippen LogP contribution in [0, 0.1) is 0 Å². The Morgan fingerprint density at radius 3 is 0.571 bits per heavy atom. The largest absolute Gasteiger partial charge is 4.00 e. The molecular formula is FeMgMoO4. The van der Waals surface area contributed by atoms with Crippen LogP contribution in [0.2, 0.25) is 0 Å². The smallest absolute Gasteiger partial charge is 2.00 e. The van der Waals surface area contributed by atoms with Crippen molar-refractivity contribution in [2.75, 3.05) is 0 Å². The molecule has 0 spiro atoms. The Balaban J connectivity index is 0. The van der Waals surface area contributed by atoms with Crippen molar-refractivity contribution in [3.63, 3.8) is 0 Å². The van der Waals surface area contributed by atoms with Crippen LogP contribution in [-0.2, 0) is 60.0 Å². The second kappa shape index (κ2) is 110. The van der Waals surface area contributed by atoms with Gasteiger partial charge in [0.1, 0.15) is 0 Å². The molecule has 0 aromatic carbocycles. The first kappa shape index (κ1) is 164. The van der Waals surface area contributed by atoms with Gasteiger partial charge in [-0.25, -0.2) is 0 Å². The Kier molecular flexibility index (Phi) is 2580. The molecule has 0 aromatic rings. The molecule has 0 N–H and O–H groups in total. The topological polar surface area (TPSA) is 114 Å². The molecule has 0 saturated heterocycles. The van der Waals surface area contributed by atoms with E-state index in [2.05, 4.69) is 0 Å². The van der Waals surface area contributed by atoms with E-state index in [1.54, 1.807) is 0 Å². The summed E-state index contributed by atoms with van der Waals surface area (Å²) < 4.78 is 0. The third-order valence-electron chi connectivity index (χ3n) is 0. The van der Waals surface area contributed by atoms with E-state index in [4.69, 9.17) is 0 Å². The van der Waals surface area contributed by atoms with Crippen LogP contribution in [-0.4, -0.2) is 23.1 Å². The zero-order valence-corrected chi connectivity index (χ0v) is 7.63. The van der Waals surface area contributed by atoms with Crippen LogP contribution in [0.3, 0.4) is 0 Å². The summed E-state index contributed by atoms with van der Waals surface area (Å²) in [6.07, 6.45) is 0. The Labute approximate surface area is 82.5 Å². The molecule has 0 aliphatic heterocycles. The minimum absolute atomic E-state index is 0. The molecule has 40 valence electrons. The fraction of sp³-hybridized carbons (Fsp3) is 0. The van der Waals surface area contributed by atoms with Crippen molar-refractivity contribution < 1.29 is 60.0 Å². The minimum Gasteiger partial charge on any atom is -2.00 e. The van der Waals surface area contributed by atoms with Crippen LogP contribution in [0.15, 0.2) is 0 Å². The van der Waals surface area contributed by atoms with Crippen molar-refractivity contribution >= 4 is 23.1 Å². The number of hydrogen-bond donors (Lipinski definition) is 0. The van der Waals surface area contributed by atoms with Gasteiger partial charge in [0.15, 0.2) is 0 Å². The van der Waals surface area contributed by atoms with Crippen molar-refractivity contribution in [2.24, 2.45) is 0 Å². The standard InChI is InChI=1S/Fe.Mg.Mo.4O/q2*+2;+4;4*-2. The van der Waals surface area contributed by atoms with E-state index >= 15 is 0 Å². The van der Waals surface area contributed by atoms with E-state index in [9.17, 15) is 0 Å². The van der Waals surface area contributed by atoms with E-state index in [0.717, 1.165) is 0 Å². The Bertz CT molecular complexity index is 11.7. The third kappa shape index (κ3) is 80.3. The summed E-state index contributed by atoms with van der Waals surface area (Å²) in [5.74, 6) is 0. The molecule has 0 radical (unpaired) electrons. The van der Waals surface area contributed by atoms with E-state index in [1.165, 1.54) is 0 Å². The monoisotopic (exact) mass is 242 g/mol. The van der Waals surface area contributed by atoms with E-state index in [0.29, 0.717) is 0 Å². The Hall–Kier alpha value is 1.81. The van der Waals surface area contributed by atoms with Gasteiger partial charge in [-0.05, 0) is 0 Å². The summed E-state index contributed by atoms with van der Waals surface area (Å²) in [7, 11) is 0. The number of hydrogen-bond acceptors (Lipinski definition) is 0. The van der Waals surface area contributed by atoms with Crippen LogP contribution < -0.4 is 0 Å². The van der Waals surface area contributed by atoms with Gasteiger partial charge in [0.05, 0.1) is 0 Å². The fourth-order valence-corrected chi connectivity index (χ4v) is 0. The van der Waals surface area contributed by atoms with E-state index < -0.39 is 0 Å². The quantitative estimate of drug-likeness (QED) is 0.490. The van der Waals surface area contributed by atoms with Crippen LogP contribution in [0.5, 0.6) is 0 Å². The van der Waals surface area contributed by atoms with Crippen molar-refractivity contribution in [1.82, 2.24) is 0 Å². The van der Waals surface area contributed by atoms with Crippen LogP contribution >= 0.6 is 0 Å². The van der Waals surface area contributed by atoms with Crippen molar-refractivity contribution in [3.8, 4) is 0 Å². The zero-order chi connectivity index (χ0) is 0. The third-order valence-corrected chi connectivity index (χ3v) is 0. The van der Waals surface area contributed by atoms with Gasteiger partial charge in [-0.2, -0.15) is 0 Å². The van der Waals surface area contributed by atoms with Crippen molar-refractivity contribution in [1.29, 1.82) is 0 Å². The summed E-state index contributed by atoms with van der Waals surface area (Å²) >= 11 is 0. The molecule has 0 aromatic heterocycles. The molecule has 0 atom stereocenters. The molecule has 4 nitrogen and oxygen atoms in total. The molecule has 0 amide bonds. The fourth-order valence-electron chi connectivity index (χ4n) is 0. The molecule has 0 aliphatic rings. The second-order valence-corrected chi connectivity index (χ2v) is 0. The molecule has 7 heavy (non-hydrogen) atoms. The maximum Gasteiger partial charge on any atom is 4.00 e. The summed E-state index contributed by atoms with van der Waals surface area (Å²) in [4.78, 5) is 0. The van der Waals surface area contributed by atoms with Crippen LogP contribution in [0.25, 0.3) is 0 Å². The van der Waals surface area contributed by atoms with E-state index in [-0.39, 0.29) is 83.1 Å². The summed E-state index contributed by atoms with van der Waals surface area (Å²) in [5, 5.41) is 0. The van der Waals surface area contributed by atoms with Gasteiger partial charge in [-0.3, -0.25) is 0 Å². The van der Waals surface area contributed by atoms with Gasteiger partial charge in [-0.15, -0.1) is 0 Å².